The molecule has 1 saturated heterocycles. The van der Waals surface area contributed by atoms with Gasteiger partial charge < -0.3 is 25.0 Å². The minimum atomic E-state index is -1.27. The zero-order valence-corrected chi connectivity index (χ0v) is 22.9. The lowest BCUT2D eigenvalue weighted by atomic mass is 9.89. The van der Waals surface area contributed by atoms with Crippen LogP contribution in [0.1, 0.15) is 73.6 Å². The van der Waals surface area contributed by atoms with E-state index in [0.717, 1.165) is 19.3 Å². The van der Waals surface area contributed by atoms with Crippen molar-refractivity contribution in [3.8, 4) is 0 Å². The molecule has 3 N–H and O–H groups in total. The second kappa shape index (κ2) is 14.7. The number of aliphatic hydroxyl groups is 2. The van der Waals surface area contributed by atoms with Crippen molar-refractivity contribution in [3.05, 3.63) is 59.8 Å². The number of aliphatic hydroxyl groups excluding tert-OH is 1. The Morgan fingerprint density at radius 2 is 1.89 bits per heavy atom. The Morgan fingerprint density at radius 3 is 2.61 bits per heavy atom. The first kappa shape index (κ1) is 30.2. The van der Waals surface area contributed by atoms with E-state index in [1.54, 1.807) is 26.0 Å². The average molecular weight is 502 g/mol. The third kappa shape index (κ3) is 10.6. The second-order valence-corrected chi connectivity index (χ2v) is 10.9. The Hall–Kier alpha value is -1.99. The highest BCUT2D eigenvalue weighted by atomic mass is 16.7. The molecule has 2 aliphatic rings. The number of hydrogen-bond acceptors (Lipinski definition) is 5. The standard InChI is InChI=1S/C30H47NO5/c1-21-12-8-7-9-13-23(3)20-31-27(32)15-11-10-14-24(4)26(17-16-22(2)18-21)36-28-19-30(6,34)29(33)25(5)35-28/h7-8,10-12,14-16,23-26,28-29,33-34H,9,13,17-20H2,1-6H3,(H,31,32)/t23-,24-,25+,26-,28-,29+,30-/m0/s1. The molecule has 1 fully saturated rings. The number of nitrogens with one attached hydrogen (secondary N) is 1. The van der Waals surface area contributed by atoms with Gasteiger partial charge in [-0.15, -0.1) is 0 Å². The van der Waals surface area contributed by atoms with Crippen LogP contribution < -0.4 is 5.32 Å². The smallest absolute Gasteiger partial charge is 0.243 e. The maximum atomic E-state index is 12.2. The lowest BCUT2D eigenvalue weighted by Gasteiger charge is -2.43. The molecule has 6 nitrogen and oxygen atoms in total. The van der Waals surface area contributed by atoms with E-state index in [-0.39, 0.29) is 24.3 Å². The molecule has 0 spiro atoms. The van der Waals surface area contributed by atoms with Gasteiger partial charge in [-0.25, -0.2) is 0 Å². The van der Waals surface area contributed by atoms with Gasteiger partial charge in [0.1, 0.15) is 6.10 Å². The Bertz CT molecular complexity index is 853. The van der Waals surface area contributed by atoms with Gasteiger partial charge in [-0.05, 0) is 59.3 Å². The molecule has 0 unspecified atom stereocenters. The Labute approximate surface area is 217 Å². The first-order valence-corrected chi connectivity index (χ1v) is 13.3. The predicted octanol–water partition coefficient (Wildman–Crippen LogP) is 5.14. The van der Waals surface area contributed by atoms with Gasteiger partial charge in [-0.1, -0.05) is 67.5 Å². The molecular weight excluding hydrogens is 454 g/mol. The summed E-state index contributed by atoms with van der Waals surface area (Å²) in [5.74, 6) is 0.343. The van der Waals surface area contributed by atoms with Crippen LogP contribution in [0.3, 0.4) is 0 Å². The number of rotatable bonds is 2. The van der Waals surface area contributed by atoms with Crippen LogP contribution in [0.25, 0.3) is 0 Å². The van der Waals surface area contributed by atoms with E-state index in [9.17, 15) is 15.0 Å². The summed E-state index contributed by atoms with van der Waals surface area (Å²) in [6, 6.07) is 0. The summed E-state index contributed by atoms with van der Waals surface area (Å²) in [7, 11) is 0. The van der Waals surface area contributed by atoms with E-state index in [1.165, 1.54) is 11.1 Å². The third-order valence-electron chi connectivity index (χ3n) is 6.94. The molecule has 0 radical (unpaired) electrons. The quantitative estimate of drug-likeness (QED) is 0.456. The minimum absolute atomic E-state index is 0.0302. The summed E-state index contributed by atoms with van der Waals surface area (Å²) in [6.45, 7) is 12.5. The van der Waals surface area contributed by atoms with Gasteiger partial charge in [0, 0.05) is 25.0 Å². The van der Waals surface area contributed by atoms with Gasteiger partial charge in [-0.2, -0.15) is 0 Å². The van der Waals surface area contributed by atoms with E-state index in [4.69, 9.17) is 9.47 Å². The molecule has 202 valence electrons. The summed E-state index contributed by atoms with van der Waals surface area (Å²) in [6.07, 6.45) is 17.4. The van der Waals surface area contributed by atoms with E-state index in [0.29, 0.717) is 18.9 Å². The normalized spacial score (nSPS) is 36.1. The summed E-state index contributed by atoms with van der Waals surface area (Å²) < 4.78 is 12.2. The van der Waals surface area contributed by atoms with Gasteiger partial charge in [-0.3, -0.25) is 4.79 Å². The molecule has 0 aromatic rings. The van der Waals surface area contributed by atoms with Gasteiger partial charge in [0.2, 0.25) is 5.91 Å². The Balaban J connectivity index is 2.20. The molecule has 0 aromatic carbocycles. The van der Waals surface area contributed by atoms with Crippen molar-refractivity contribution in [2.45, 2.75) is 104 Å². The second-order valence-electron chi connectivity index (χ2n) is 10.9. The van der Waals surface area contributed by atoms with Crippen LogP contribution in [0, 0.1) is 11.8 Å². The fraction of sp³-hybridized carbons (Fsp3) is 0.633. The number of amides is 1. The van der Waals surface area contributed by atoms with Crippen LogP contribution in [0.2, 0.25) is 0 Å². The zero-order valence-electron chi connectivity index (χ0n) is 22.9. The first-order chi connectivity index (χ1) is 17.0. The summed E-state index contributed by atoms with van der Waals surface area (Å²) >= 11 is 0. The average Bonchev–Trinajstić information content (AvgIpc) is 2.80. The largest absolute Gasteiger partial charge is 0.387 e. The number of ether oxygens (including phenoxy) is 2. The van der Waals surface area contributed by atoms with Crippen LogP contribution in [0.4, 0.5) is 0 Å². The highest BCUT2D eigenvalue weighted by Crippen LogP contribution is 2.31. The number of carbonyl (C=O) groups is 1. The van der Waals surface area contributed by atoms with E-state index < -0.39 is 24.1 Å². The molecule has 6 heteroatoms. The number of hydrogen-bond donors (Lipinski definition) is 3. The summed E-state index contributed by atoms with van der Waals surface area (Å²) in [4.78, 5) is 12.2. The number of allylic oxidation sites excluding steroid dienone is 7. The van der Waals surface area contributed by atoms with Gasteiger partial charge in [0.05, 0.1) is 17.8 Å². The predicted molar refractivity (Wildman–Crippen MR) is 145 cm³/mol. The lowest BCUT2D eigenvalue weighted by Crippen LogP contribution is -2.55. The van der Waals surface area contributed by atoms with Crippen LogP contribution in [-0.2, 0) is 14.3 Å². The van der Waals surface area contributed by atoms with Crippen molar-refractivity contribution in [1.82, 2.24) is 5.32 Å². The molecular formula is C30H47NO5. The van der Waals surface area contributed by atoms with Gasteiger partial charge in [0.25, 0.3) is 0 Å². The van der Waals surface area contributed by atoms with Crippen LogP contribution in [0.5, 0.6) is 0 Å². The molecule has 7 atom stereocenters. The minimum Gasteiger partial charge on any atom is -0.387 e. The van der Waals surface area contributed by atoms with E-state index in [2.05, 4.69) is 57.3 Å². The first-order valence-electron chi connectivity index (χ1n) is 13.3. The fourth-order valence-electron chi connectivity index (χ4n) is 4.53. The van der Waals surface area contributed by atoms with Crippen LogP contribution in [-0.4, -0.2) is 52.9 Å². The Morgan fingerprint density at radius 1 is 1.14 bits per heavy atom. The summed E-state index contributed by atoms with van der Waals surface area (Å²) in [5.41, 5.74) is 1.28. The fourth-order valence-corrected chi connectivity index (χ4v) is 4.53. The van der Waals surface area contributed by atoms with Crippen LogP contribution in [0.15, 0.2) is 59.8 Å². The maximum Gasteiger partial charge on any atom is 0.243 e. The SMILES string of the molecule is CC1=CC=CCC[C@H](C)CNC(=O)C=CC=C[C@H](C)[C@@H](O[C@H]2C[C@](C)(O)[C@H](O)[C@@H](C)O2)CC=C(C)C1. The molecule has 0 saturated carbocycles. The highest BCUT2D eigenvalue weighted by molar-refractivity contribution is 5.87. The molecule has 2 aliphatic heterocycles. The molecule has 1 amide bonds. The molecule has 2 heterocycles. The topological polar surface area (TPSA) is 88.0 Å². The van der Waals surface area contributed by atoms with E-state index in [1.807, 2.05) is 12.2 Å². The monoisotopic (exact) mass is 501 g/mol. The molecule has 36 heavy (non-hydrogen) atoms. The van der Waals surface area contributed by atoms with Crippen LogP contribution >= 0.6 is 0 Å². The Kier molecular flexibility index (Phi) is 12.3. The van der Waals surface area contributed by atoms with Crippen molar-refractivity contribution in [3.63, 3.8) is 0 Å². The maximum absolute atomic E-state index is 12.2. The molecule has 0 aliphatic carbocycles. The molecule has 0 bridgehead atoms. The zero-order chi connectivity index (χ0) is 26.7. The number of carbonyl (C=O) groups excluding carboxylic acids is 1. The van der Waals surface area contributed by atoms with Crippen molar-refractivity contribution >= 4 is 5.91 Å². The van der Waals surface area contributed by atoms with Gasteiger partial charge >= 0.3 is 0 Å². The van der Waals surface area contributed by atoms with Crippen molar-refractivity contribution < 1.29 is 24.5 Å². The molecule has 2 rings (SSSR count). The van der Waals surface area contributed by atoms with E-state index >= 15 is 0 Å². The lowest BCUT2D eigenvalue weighted by molar-refractivity contribution is -0.285. The van der Waals surface area contributed by atoms with Crippen molar-refractivity contribution in [1.29, 1.82) is 0 Å². The van der Waals surface area contributed by atoms with Gasteiger partial charge in [0.15, 0.2) is 6.29 Å². The highest BCUT2D eigenvalue weighted by Gasteiger charge is 2.44. The van der Waals surface area contributed by atoms with Crippen molar-refractivity contribution in [2.24, 2.45) is 11.8 Å². The molecule has 0 aromatic heterocycles. The third-order valence-corrected chi connectivity index (χ3v) is 6.94. The van der Waals surface area contributed by atoms with Crippen molar-refractivity contribution in [2.75, 3.05) is 6.54 Å². The summed E-state index contributed by atoms with van der Waals surface area (Å²) in [5, 5.41) is 23.9.